The van der Waals surface area contributed by atoms with Crippen molar-refractivity contribution in [1.82, 2.24) is 24.9 Å². The van der Waals surface area contributed by atoms with Crippen molar-refractivity contribution >= 4 is 21.5 Å². The van der Waals surface area contributed by atoms with Gasteiger partial charge >= 0.3 is 0 Å². The lowest BCUT2D eigenvalue weighted by molar-refractivity contribution is 1.07. The van der Waals surface area contributed by atoms with E-state index in [0.717, 1.165) is 100 Å². The van der Waals surface area contributed by atoms with Crippen molar-refractivity contribution in [2.45, 2.75) is 0 Å². The van der Waals surface area contributed by atoms with Crippen LogP contribution in [0.1, 0.15) is 0 Å². The van der Waals surface area contributed by atoms with Crippen molar-refractivity contribution in [3.63, 3.8) is 0 Å². The minimum absolute atomic E-state index is 0.611. The number of nitrogens with zero attached hydrogens (tertiary/aromatic N) is 5. The summed E-state index contributed by atoms with van der Waals surface area (Å²) in [6.45, 7) is 0. The van der Waals surface area contributed by atoms with Crippen LogP contribution in [0.25, 0.3) is 190 Å². The maximum atomic E-state index is 5.35. The first-order valence-corrected chi connectivity index (χ1v) is 31.3. The lowest BCUT2D eigenvalue weighted by atomic mass is 9.93. The molecule has 0 saturated heterocycles. The molecule has 0 unspecified atom stereocenters. The summed E-state index contributed by atoms with van der Waals surface area (Å²) in [5.41, 5.74) is 28.8. The Balaban J connectivity index is 0.682. The van der Waals surface area contributed by atoms with Crippen molar-refractivity contribution in [3.8, 4) is 168 Å². The first-order valence-electron chi connectivity index (χ1n) is 31.3. The third-order valence-corrected chi connectivity index (χ3v) is 18.4. The summed E-state index contributed by atoms with van der Waals surface area (Å²) in [7, 11) is 0. The molecule has 2 aromatic heterocycles. The summed E-state index contributed by atoms with van der Waals surface area (Å²) in [4.78, 5) is 26.3. The highest BCUT2D eigenvalue weighted by molar-refractivity contribution is 6.17. The average molecular weight is 1170 g/mol. The molecule has 0 fully saturated rings. The molecule has 0 aliphatic heterocycles. The topological polar surface area (TPSA) is 64.5 Å². The largest absolute Gasteiger partial charge is 0.228 e. The van der Waals surface area contributed by atoms with Gasteiger partial charge in [-0.2, -0.15) is 0 Å². The van der Waals surface area contributed by atoms with Crippen LogP contribution in [0, 0.1) is 0 Å². The molecule has 0 atom stereocenters. The molecule has 0 amide bonds. The normalized spacial score (nSPS) is 11.7. The third kappa shape index (κ3) is 9.30. The van der Waals surface area contributed by atoms with Gasteiger partial charge in [-0.15, -0.1) is 0 Å². The number of fused-ring (bicyclic) bond motifs is 6. The first kappa shape index (κ1) is 52.8. The van der Waals surface area contributed by atoms with Crippen molar-refractivity contribution in [1.29, 1.82) is 0 Å². The minimum atomic E-state index is 0.611. The molecule has 0 spiro atoms. The second kappa shape index (κ2) is 21.8. The van der Waals surface area contributed by atoms with Crippen LogP contribution in [0.3, 0.4) is 0 Å². The van der Waals surface area contributed by atoms with E-state index in [4.69, 9.17) is 24.9 Å². The molecule has 0 bridgehead atoms. The number of hydrogen-bond acceptors (Lipinski definition) is 5. The highest BCUT2D eigenvalue weighted by Crippen LogP contribution is 2.50. The van der Waals surface area contributed by atoms with Gasteiger partial charge in [-0.25, -0.2) is 24.9 Å². The minimum Gasteiger partial charge on any atom is -0.228 e. The van der Waals surface area contributed by atoms with Gasteiger partial charge in [0, 0.05) is 33.4 Å². The molecular weight excluding hydrogens is 1110 g/mol. The van der Waals surface area contributed by atoms with E-state index in [-0.39, 0.29) is 0 Å². The lowest BCUT2D eigenvalue weighted by Gasteiger charge is -2.14. The molecule has 92 heavy (non-hydrogen) atoms. The predicted octanol–water partition coefficient (Wildman–Crippen LogP) is 22.6. The van der Waals surface area contributed by atoms with Gasteiger partial charge in [0.05, 0.1) is 11.4 Å². The van der Waals surface area contributed by atoms with Gasteiger partial charge in [0.25, 0.3) is 0 Å². The summed E-state index contributed by atoms with van der Waals surface area (Å²) in [6.07, 6.45) is 0. The standard InChI is InChI=1S/C87H53N5/c1-4-16-54(17-5-1)56-36-42-63(43-37-56)85-90-86(92-87(91-85)71-47-66-23-15-29-77-73-25-11-13-27-75(73)79(52-71)83(66)77)64-44-38-58(39-45-64)57-30-32-59(33-31-57)68-48-67(55-18-6-2-7-19-55)49-70(50-68)81-53-80(88-84(89-81)62-20-8-3-9-21-62)61-40-34-60(35-41-61)69-46-65-22-14-28-76-72-24-10-12-26-74(72)78(51-69)82(65)76/h1-53H. The van der Waals surface area contributed by atoms with E-state index in [0.29, 0.717) is 23.3 Å². The molecule has 426 valence electrons. The summed E-state index contributed by atoms with van der Waals surface area (Å²) in [6, 6.07) is 115. The van der Waals surface area contributed by atoms with Crippen molar-refractivity contribution in [2.24, 2.45) is 0 Å². The fraction of sp³-hybridized carbons (Fsp3) is 0. The van der Waals surface area contributed by atoms with Gasteiger partial charge in [0.15, 0.2) is 23.3 Å². The van der Waals surface area contributed by atoms with Crippen LogP contribution >= 0.6 is 0 Å². The quantitative estimate of drug-likeness (QED) is 0.129. The molecule has 0 radical (unpaired) electrons. The zero-order chi connectivity index (χ0) is 60.6. The van der Waals surface area contributed by atoms with E-state index in [2.05, 4.69) is 297 Å². The molecule has 2 aliphatic carbocycles. The number of aromatic nitrogens is 5. The molecule has 2 aliphatic rings. The molecule has 0 saturated carbocycles. The fourth-order valence-corrected chi connectivity index (χ4v) is 13.8. The maximum Gasteiger partial charge on any atom is 0.164 e. The molecular formula is C87H53N5. The van der Waals surface area contributed by atoms with Gasteiger partial charge in [0.1, 0.15) is 0 Å². The molecule has 18 rings (SSSR count). The van der Waals surface area contributed by atoms with Crippen molar-refractivity contribution in [2.75, 3.05) is 0 Å². The van der Waals surface area contributed by atoms with Crippen LogP contribution in [0.2, 0.25) is 0 Å². The van der Waals surface area contributed by atoms with Crippen LogP contribution in [0.5, 0.6) is 0 Å². The molecule has 16 aromatic rings. The zero-order valence-corrected chi connectivity index (χ0v) is 49.8. The van der Waals surface area contributed by atoms with Gasteiger partial charge in [-0.1, -0.05) is 273 Å². The molecule has 5 heteroatoms. The summed E-state index contributed by atoms with van der Waals surface area (Å²) < 4.78 is 0. The highest BCUT2D eigenvalue weighted by Gasteiger charge is 2.25. The van der Waals surface area contributed by atoms with E-state index in [1.54, 1.807) is 0 Å². The Morgan fingerprint density at radius 3 is 0.891 bits per heavy atom. The fourth-order valence-electron chi connectivity index (χ4n) is 13.8. The van der Waals surface area contributed by atoms with Crippen molar-refractivity contribution in [3.05, 3.63) is 322 Å². The molecule has 0 N–H and O–H groups in total. The summed E-state index contributed by atoms with van der Waals surface area (Å²) in [5, 5.41) is 5.01. The third-order valence-electron chi connectivity index (χ3n) is 18.4. The van der Waals surface area contributed by atoms with E-state index in [1.807, 2.05) is 24.3 Å². The smallest absolute Gasteiger partial charge is 0.164 e. The maximum absolute atomic E-state index is 5.35. The van der Waals surface area contributed by atoms with Crippen molar-refractivity contribution < 1.29 is 0 Å². The van der Waals surface area contributed by atoms with Gasteiger partial charge in [-0.3, -0.25) is 0 Å². The Bertz CT molecular complexity index is 5570. The van der Waals surface area contributed by atoms with E-state index in [1.165, 1.54) is 66.2 Å². The number of hydrogen-bond donors (Lipinski definition) is 0. The van der Waals surface area contributed by atoms with Crippen LogP contribution in [0.15, 0.2) is 322 Å². The second-order valence-corrected chi connectivity index (χ2v) is 23.9. The lowest BCUT2D eigenvalue weighted by Crippen LogP contribution is -2.00. The first-order chi connectivity index (χ1) is 45.5. The van der Waals surface area contributed by atoms with Crippen LogP contribution in [-0.4, -0.2) is 24.9 Å². The predicted molar refractivity (Wildman–Crippen MR) is 379 cm³/mol. The van der Waals surface area contributed by atoms with E-state index >= 15 is 0 Å². The monoisotopic (exact) mass is 1170 g/mol. The second-order valence-electron chi connectivity index (χ2n) is 23.9. The Labute approximate surface area is 533 Å². The Morgan fingerprint density at radius 1 is 0.141 bits per heavy atom. The van der Waals surface area contributed by atoms with E-state index < -0.39 is 0 Å². The number of benzene rings is 14. The molecule has 5 nitrogen and oxygen atoms in total. The van der Waals surface area contributed by atoms with Crippen LogP contribution in [0.4, 0.5) is 0 Å². The van der Waals surface area contributed by atoms with Crippen LogP contribution < -0.4 is 0 Å². The Kier molecular flexibility index (Phi) is 12.5. The average Bonchev–Trinajstić information content (AvgIpc) is 1.60. The zero-order valence-electron chi connectivity index (χ0n) is 49.8. The summed E-state index contributed by atoms with van der Waals surface area (Å²) in [5.74, 6) is 2.53. The van der Waals surface area contributed by atoms with Gasteiger partial charge in [0.2, 0.25) is 0 Å². The van der Waals surface area contributed by atoms with Gasteiger partial charge in [-0.05, 0) is 170 Å². The Hall–Kier alpha value is -12.3. The van der Waals surface area contributed by atoms with Crippen LogP contribution in [-0.2, 0) is 0 Å². The number of rotatable bonds is 11. The summed E-state index contributed by atoms with van der Waals surface area (Å²) >= 11 is 0. The molecule has 2 heterocycles. The highest BCUT2D eigenvalue weighted by atomic mass is 15.0. The Morgan fingerprint density at radius 2 is 0.424 bits per heavy atom. The van der Waals surface area contributed by atoms with E-state index in [9.17, 15) is 0 Å². The SMILES string of the molecule is c1ccc(-c2ccc(-c3nc(-c4ccc(-c5ccc(-c6cc(-c7ccccc7)cc(-c7cc(-c8ccc(-c9cc%10c%11c(cccc%11c9)-c9ccccc9-%10)cc8)nc(-c8ccccc8)n7)c6)cc5)cc4)nc(-c4cc5c6c(cccc6c4)-c4ccccc4-5)n3)cc2)cc1. The van der Waals surface area contributed by atoms with Gasteiger partial charge < -0.3 is 0 Å². The molecule has 14 aromatic carbocycles.